The molecule has 0 saturated carbocycles. The Morgan fingerprint density at radius 2 is 1.88 bits per heavy atom. The molecule has 16 heavy (non-hydrogen) atoms. The third-order valence-electron chi connectivity index (χ3n) is 2.78. The maximum absolute atomic E-state index is 5.74. The highest BCUT2D eigenvalue weighted by Crippen LogP contribution is 2.14. The van der Waals surface area contributed by atoms with Gasteiger partial charge in [-0.15, -0.1) is 6.58 Å². The molecule has 0 aliphatic carbocycles. The van der Waals surface area contributed by atoms with Crippen molar-refractivity contribution in [1.82, 2.24) is 0 Å². The lowest BCUT2D eigenvalue weighted by Crippen LogP contribution is -2.15. The molecule has 0 N–H and O–H groups in total. The van der Waals surface area contributed by atoms with Gasteiger partial charge in [0.05, 0.1) is 19.8 Å². The van der Waals surface area contributed by atoms with Gasteiger partial charge in [0, 0.05) is 0 Å². The van der Waals surface area contributed by atoms with E-state index >= 15 is 0 Å². The third-order valence-corrected chi connectivity index (χ3v) is 2.78. The number of ether oxygens (including phenoxy) is 2. The molecule has 1 aromatic carbocycles. The van der Waals surface area contributed by atoms with Gasteiger partial charge in [-0.3, -0.25) is 0 Å². The summed E-state index contributed by atoms with van der Waals surface area (Å²) in [5.41, 5.74) is 1.16. The fraction of sp³-hybridized carbons (Fsp3) is 0.429. The van der Waals surface area contributed by atoms with Crippen molar-refractivity contribution in [3.05, 3.63) is 42.5 Å². The summed E-state index contributed by atoms with van der Waals surface area (Å²) in [4.78, 5) is 0. The molecule has 2 nitrogen and oxygen atoms in total. The van der Waals surface area contributed by atoms with Crippen LogP contribution in [0.5, 0.6) is 5.75 Å². The molecule has 0 heterocycles. The van der Waals surface area contributed by atoms with Crippen LogP contribution < -0.4 is 4.74 Å². The van der Waals surface area contributed by atoms with E-state index in [0.29, 0.717) is 12.5 Å². The maximum atomic E-state index is 5.74. The minimum atomic E-state index is 0.194. The standard InChI is InChI=1S/C14H20O2/c1-5-11(2)12(3)16-10-13-6-8-14(15-4)9-7-13/h5-9,11-12H,1,10H2,2-4H3. The van der Waals surface area contributed by atoms with Gasteiger partial charge >= 0.3 is 0 Å². The quantitative estimate of drug-likeness (QED) is 0.684. The van der Waals surface area contributed by atoms with Crippen LogP contribution in [-0.2, 0) is 11.3 Å². The van der Waals surface area contributed by atoms with E-state index in [-0.39, 0.29) is 6.10 Å². The van der Waals surface area contributed by atoms with Crippen molar-refractivity contribution in [3.8, 4) is 5.75 Å². The molecule has 0 bridgehead atoms. The lowest BCUT2D eigenvalue weighted by molar-refractivity contribution is 0.0308. The van der Waals surface area contributed by atoms with Gasteiger partial charge in [-0.25, -0.2) is 0 Å². The van der Waals surface area contributed by atoms with Crippen molar-refractivity contribution in [1.29, 1.82) is 0 Å². The second-order valence-electron chi connectivity index (χ2n) is 3.96. The van der Waals surface area contributed by atoms with Crippen molar-refractivity contribution in [2.75, 3.05) is 7.11 Å². The Labute approximate surface area is 97.9 Å². The average molecular weight is 220 g/mol. The average Bonchev–Trinajstić information content (AvgIpc) is 2.35. The van der Waals surface area contributed by atoms with Crippen LogP contribution in [0.25, 0.3) is 0 Å². The van der Waals surface area contributed by atoms with Gasteiger partial charge in [0.2, 0.25) is 0 Å². The van der Waals surface area contributed by atoms with Crippen LogP contribution in [0.3, 0.4) is 0 Å². The molecule has 0 spiro atoms. The zero-order valence-electron chi connectivity index (χ0n) is 10.3. The molecule has 2 heteroatoms. The molecule has 88 valence electrons. The lowest BCUT2D eigenvalue weighted by atomic mass is 10.1. The number of hydrogen-bond donors (Lipinski definition) is 0. The Kier molecular flexibility index (Phi) is 5.06. The van der Waals surface area contributed by atoms with Crippen molar-refractivity contribution in [2.24, 2.45) is 5.92 Å². The molecule has 1 rings (SSSR count). The maximum Gasteiger partial charge on any atom is 0.118 e. The molecular weight excluding hydrogens is 200 g/mol. The summed E-state index contributed by atoms with van der Waals surface area (Å²) >= 11 is 0. The first kappa shape index (κ1) is 12.8. The van der Waals surface area contributed by atoms with Gasteiger partial charge in [0.15, 0.2) is 0 Å². The van der Waals surface area contributed by atoms with Crippen LogP contribution in [0, 0.1) is 5.92 Å². The highest BCUT2D eigenvalue weighted by Gasteiger charge is 2.08. The summed E-state index contributed by atoms with van der Waals surface area (Å²) in [5, 5.41) is 0. The topological polar surface area (TPSA) is 18.5 Å². The van der Waals surface area contributed by atoms with Gasteiger partial charge in [-0.2, -0.15) is 0 Å². The molecule has 2 atom stereocenters. The predicted molar refractivity (Wildman–Crippen MR) is 66.6 cm³/mol. The second kappa shape index (κ2) is 6.33. The van der Waals surface area contributed by atoms with Crippen molar-refractivity contribution in [3.63, 3.8) is 0 Å². The van der Waals surface area contributed by atoms with Crippen molar-refractivity contribution >= 4 is 0 Å². The summed E-state index contributed by atoms with van der Waals surface area (Å²) in [6.07, 6.45) is 2.11. The van der Waals surface area contributed by atoms with Gasteiger partial charge in [0.1, 0.15) is 5.75 Å². The predicted octanol–water partition coefficient (Wildman–Crippen LogP) is 3.42. The molecule has 0 saturated heterocycles. The number of benzene rings is 1. The summed E-state index contributed by atoms with van der Waals surface area (Å²) in [6, 6.07) is 7.93. The van der Waals surface area contributed by atoms with Gasteiger partial charge < -0.3 is 9.47 Å². The Balaban J connectivity index is 2.45. The Morgan fingerprint density at radius 3 is 2.38 bits per heavy atom. The van der Waals surface area contributed by atoms with Crippen molar-refractivity contribution in [2.45, 2.75) is 26.6 Å². The highest BCUT2D eigenvalue weighted by atomic mass is 16.5. The zero-order valence-corrected chi connectivity index (χ0v) is 10.3. The zero-order chi connectivity index (χ0) is 12.0. The minimum absolute atomic E-state index is 0.194. The summed E-state index contributed by atoms with van der Waals surface area (Å²) < 4.78 is 10.8. The van der Waals surface area contributed by atoms with E-state index < -0.39 is 0 Å². The van der Waals surface area contributed by atoms with Crippen LogP contribution >= 0.6 is 0 Å². The van der Waals surface area contributed by atoms with Crippen LogP contribution in [-0.4, -0.2) is 13.2 Å². The summed E-state index contributed by atoms with van der Waals surface area (Å²) in [7, 11) is 1.67. The first-order valence-electron chi connectivity index (χ1n) is 5.54. The highest BCUT2D eigenvalue weighted by molar-refractivity contribution is 5.26. The lowest BCUT2D eigenvalue weighted by Gasteiger charge is -2.17. The summed E-state index contributed by atoms with van der Waals surface area (Å²) in [5.74, 6) is 1.24. The first-order chi connectivity index (χ1) is 7.67. The Morgan fingerprint density at radius 1 is 1.25 bits per heavy atom. The van der Waals surface area contributed by atoms with E-state index in [2.05, 4.69) is 20.4 Å². The van der Waals surface area contributed by atoms with Gasteiger partial charge in [-0.1, -0.05) is 25.1 Å². The largest absolute Gasteiger partial charge is 0.497 e. The minimum Gasteiger partial charge on any atom is -0.497 e. The number of rotatable bonds is 6. The number of methoxy groups -OCH3 is 1. The molecule has 0 aliphatic heterocycles. The van der Waals surface area contributed by atoms with E-state index in [1.165, 1.54) is 0 Å². The van der Waals surface area contributed by atoms with E-state index in [9.17, 15) is 0 Å². The van der Waals surface area contributed by atoms with Crippen LogP contribution in [0.15, 0.2) is 36.9 Å². The van der Waals surface area contributed by atoms with E-state index in [1.807, 2.05) is 30.3 Å². The van der Waals surface area contributed by atoms with Crippen LogP contribution in [0.2, 0.25) is 0 Å². The normalized spacial score (nSPS) is 14.2. The molecule has 0 aliphatic rings. The Hall–Kier alpha value is -1.28. The molecule has 0 radical (unpaired) electrons. The molecular formula is C14H20O2. The Bertz CT molecular complexity index is 316. The smallest absolute Gasteiger partial charge is 0.118 e. The van der Waals surface area contributed by atoms with Crippen LogP contribution in [0.4, 0.5) is 0 Å². The fourth-order valence-electron chi connectivity index (χ4n) is 1.29. The molecule has 2 unspecified atom stereocenters. The van der Waals surface area contributed by atoms with Gasteiger partial charge in [-0.05, 0) is 30.5 Å². The monoisotopic (exact) mass is 220 g/mol. The second-order valence-corrected chi connectivity index (χ2v) is 3.96. The van der Waals surface area contributed by atoms with E-state index in [4.69, 9.17) is 9.47 Å². The first-order valence-corrected chi connectivity index (χ1v) is 5.54. The summed E-state index contributed by atoms with van der Waals surface area (Å²) in [6.45, 7) is 8.56. The number of hydrogen-bond acceptors (Lipinski definition) is 2. The molecule has 1 aromatic rings. The SMILES string of the molecule is C=CC(C)C(C)OCc1ccc(OC)cc1. The van der Waals surface area contributed by atoms with E-state index in [0.717, 1.165) is 11.3 Å². The van der Waals surface area contributed by atoms with Crippen molar-refractivity contribution < 1.29 is 9.47 Å². The van der Waals surface area contributed by atoms with Crippen LogP contribution in [0.1, 0.15) is 19.4 Å². The van der Waals surface area contributed by atoms with Gasteiger partial charge in [0.25, 0.3) is 0 Å². The fourth-order valence-corrected chi connectivity index (χ4v) is 1.29. The third kappa shape index (κ3) is 3.70. The molecule has 0 aromatic heterocycles. The molecule has 0 fully saturated rings. The molecule has 0 amide bonds. The van der Waals surface area contributed by atoms with E-state index in [1.54, 1.807) is 7.11 Å².